The van der Waals surface area contributed by atoms with Crippen LogP contribution in [0, 0.1) is 12.8 Å². The summed E-state index contributed by atoms with van der Waals surface area (Å²) in [6, 6.07) is 5.81. The molecule has 1 N–H and O–H groups in total. The molecule has 0 bridgehead atoms. The van der Waals surface area contributed by atoms with Crippen LogP contribution in [0.5, 0.6) is 0 Å². The SMILES string of the molecule is CCC(CC)CNc1ccc(C)cc1C(=O)OC. The molecule has 0 amide bonds. The Labute approximate surface area is 110 Å². The summed E-state index contributed by atoms with van der Waals surface area (Å²) in [5.41, 5.74) is 2.53. The van der Waals surface area contributed by atoms with Crippen LogP contribution in [0.1, 0.15) is 42.6 Å². The number of anilines is 1. The van der Waals surface area contributed by atoms with Crippen molar-refractivity contribution >= 4 is 11.7 Å². The molecule has 0 atom stereocenters. The minimum atomic E-state index is -0.286. The second kappa shape index (κ2) is 7.04. The van der Waals surface area contributed by atoms with Crippen LogP contribution < -0.4 is 5.32 Å². The predicted molar refractivity (Wildman–Crippen MR) is 75.1 cm³/mol. The van der Waals surface area contributed by atoms with Crippen LogP contribution in [0.4, 0.5) is 5.69 Å². The molecule has 3 nitrogen and oxygen atoms in total. The van der Waals surface area contributed by atoms with E-state index in [2.05, 4.69) is 19.2 Å². The van der Waals surface area contributed by atoms with E-state index in [4.69, 9.17) is 4.74 Å². The molecular formula is C15H23NO2. The molecule has 0 saturated carbocycles. The molecule has 0 saturated heterocycles. The minimum absolute atomic E-state index is 0.286. The van der Waals surface area contributed by atoms with Crippen molar-refractivity contribution in [2.45, 2.75) is 33.6 Å². The van der Waals surface area contributed by atoms with Gasteiger partial charge in [0, 0.05) is 12.2 Å². The van der Waals surface area contributed by atoms with Crippen molar-refractivity contribution < 1.29 is 9.53 Å². The van der Waals surface area contributed by atoms with E-state index < -0.39 is 0 Å². The summed E-state index contributed by atoms with van der Waals surface area (Å²) in [5, 5.41) is 3.36. The molecule has 0 unspecified atom stereocenters. The Balaban J connectivity index is 2.84. The zero-order chi connectivity index (χ0) is 13.5. The maximum absolute atomic E-state index is 11.7. The van der Waals surface area contributed by atoms with E-state index in [0.29, 0.717) is 11.5 Å². The van der Waals surface area contributed by atoms with Crippen molar-refractivity contribution in [3.63, 3.8) is 0 Å². The van der Waals surface area contributed by atoms with Crippen LogP contribution in [-0.2, 0) is 4.74 Å². The average molecular weight is 249 g/mol. The van der Waals surface area contributed by atoms with Crippen molar-refractivity contribution in [1.29, 1.82) is 0 Å². The van der Waals surface area contributed by atoms with Crippen molar-refractivity contribution in [3.05, 3.63) is 29.3 Å². The molecular weight excluding hydrogens is 226 g/mol. The summed E-state index contributed by atoms with van der Waals surface area (Å²) in [5.74, 6) is 0.350. The molecule has 0 aliphatic heterocycles. The molecule has 0 aliphatic carbocycles. The third-order valence-corrected chi connectivity index (χ3v) is 3.32. The van der Waals surface area contributed by atoms with Crippen molar-refractivity contribution in [1.82, 2.24) is 0 Å². The normalized spacial score (nSPS) is 10.5. The zero-order valence-electron chi connectivity index (χ0n) is 11.7. The molecule has 0 radical (unpaired) electrons. The fraction of sp³-hybridized carbons (Fsp3) is 0.533. The Morgan fingerprint density at radius 2 is 2.00 bits per heavy atom. The van der Waals surface area contributed by atoms with Crippen LogP contribution in [0.2, 0.25) is 0 Å². The molecule has 0 heterocycles. The molecule has 3 heteroatoms. The Hall–Kier alpha value is -1.51. The maximum Gasteiger partial charge on any atom is 0.339 e. The van der Waals surface area contributed by atoms with Gasteiger partial charge in [-0.05, 0) is 25.0 Å². The first-order valence-corrected chi connectivity index (χ1v) is 6.55. The van der Waals surface area contributed by atoms with Crippen LogP contribution in [0.3, 0.4) is 0 Å². The van der Waals surface area contributed by atoms with E-state index in [-0.39, 0.29) is 5.97 Å². The number of hydrogen-bond donors (Lipinski definition) is 1. The fourth-order valence-corrected chi connectivity index (χ4v) is 1.92. The lowest BCUT2D eigenvalue weighted by molar-refractivity contribution is 0.0601. The van der Waals surface area contributed by atoms with Crippen LogP contribution in [0.25, 0.3) is 0 Å². The van der Waals surface area contributed by atoms with Gasteiger partial charge in [-0.1, -0.05) is 38.3 Å². The number of aryl methyl sites for hydroxylation is 1. The largest absolute Gasteiger partial charge is 0.465 e. The topological polar surface area (TPSA) is 38.3 Å². The lowest BCUT2D eigenvalue weighted by Crippen LogP contribution is -2.15. The molecule has 0 spiro atoms. The highest BCUT2D eigenvalue weighted by atomic mass is 16.5. The number of ether oxygens (including phenoxy) is 1. The molecule has 0 aromatic heterocycles. The first-order valence-electron chi connectivity index (χ1n) is 6.55. The van der Waals surface area contributed by atoms with E-state index in [1.54, 1.807) is 0 Å². The van der Waals surface area contributed by atoms with E-state index in [0.717, 1.165) is 30.6 Å². The number of methoxy groups -OCH3 is 1. The quantitative estimate of drug-likeness (QED) is 0.782. The summed E-state index contributed by atoms with van der Waals surface area (Å²) in [6.45, 7) is 7.23. The Kier molecular flexibility index (Phi) is 5.69. The summed E-state index contributed by atoms with van der Waals surface area (Å²) in [4.78, 5) is 11.7. The lowest BCUT2D eigenvalue weighted by atomic mass is 10.0. The second-order valence-electron chi connectivity index (χ2n) is 4.60. The van der Waals surface area contributed by atoms with Gasteiger partial charge in [0.1, 0.15) is 0 Å². The van der Waals surface area contributed by atoms with Gasteiger partial charge in [0.15, 0.2) is 0 Å². The number of benzene rings is 1. The summed E-state index contributed by atoms with van der Waals surface area (Å²) in [6.07, 6.45) is 2.28. The standard InChI is InChI=1S/C15H23NO2/c1-5-12(6-2)10-16-14-8-7-11(3)9-13(14)15(17)18-4/h7-9,12,16H,5-6,10H2,1-4H3. The highest BCUT2D eigenvalue weighted by molar-refractivity contribution is 5.95. The van der Waals surface area contributed by atoms with Gasteiger partial charge in [0.05, 0.1) is 12.7 Å². The third kappa shape index (κ3) is 3.76. The van der Waals surface area contributed by atoms with E-state index in [1.807, 2.05) is 25.1 Å². The van der Waals surface area contributed by atoms with Gasteiger partial charge in [-0.2, -0.15) is 0 Å². The highest BCUT2D eigenvalue weighted by Crippen LogP contribution is 2.19. The van der Waals surface area contributed by atoms with Gasteiger partial charge in [-0.25, -0.2) is 4.79 Å². The number of hydrogen-bond acceptors (Lipinski definition) is 3. The van der Waals surface area contributed by atoms with E-state index in [9.17, 15) is 4.79 Å². The number of carbonyl (C=O) groups is 1. The third-order valence-electron chi connectivity index (χ3n) is 3.32. The number of carbonyl (C=O) groups excluding carboxylic acids is 1. The average Bonchev–Trinajstić information content (AvgIpc) is 2.40. The predicted octanol–water partition coefficient (Wildman–Crippen LogP) is 3.63. The number of rotatable bonds is 6. The first kappa shape index (κ1) is 14.6. The molecule has 0 aliphatic rings. The Bertz CT molecular complexity index is 397. The fourth-order valence-electron chi connectivity index (χ4n) is 1.92. The highest BCUT2D eigenvalue weighted by Gasteiger charge is 2.12. The Morgan fingerprint density at radius 1 is 1.33 bits per heavy atom. The summed E-state index contributed by atoms with van der Waals surface area (Å²) >= 11 is 0. The Morgan fingerprint density at radius 3 is 2.56 bits per heavy atom. The van der Waals surface area contributed by atoms with Crippen LogP contribution in [0.15, 0.2) is 18.2 Å². The van der Waals surface area contributed by atoms with Crippen LogP contribution >= 0.6 is 0 Å². The van der Waals surface area contributed by atoms with Gasteiger partial charge in [-0.3, -0.25) is 0 Å². The van der Waals surface area contributed by atoms with Crippen LogP contribution in [-0.4, -0.2) is 19.6 Å². The van der Waals surface area contributed by atoms with E-state index in [1.165, 1.54) is 7.11 Å². The van der Waals surface area contributed by atoms with Gasteiger partial charge in [0.25, 0.3) is 0 Å². The summed E-state index contributed by atoms with van der Waals surface area (Å²) < 4.78 is 4.81. The first-order chi connectivity index (χ1) is 8.62. The molecule has 1 aromatic rings. The minimum Gasteiger partial charge on any atom is -0.465 e. The molecule has 0 fully saturated rings. The molecule has 1 aromatic carbocycles. The molecule has 18 heavy (non-hydrogen) atoms. The monoisotopic (exact) mass is 249 g/mol. The van der Waals surface area contributed by atoms with Gasteiger partial charge in [0.2, 0.25) is 0 Å². The smallest absolute Gasteiger partial charge is 0.339 e. The lowest BCUT2D eigenvalue weighted by Gasteiger charge is -2.16. The second-order valence-corrected chi connectivity index (χ2v) is 4.60. The van der Waals surface area contributed by atoms with Gasteiger partial charge < -0.3 is 10.1 Å². The number of nitrogens with one attached hydrogen (secondary N) is 1. The van der Waals surface area contributed by atoms with E-state index >= 15 is 0 Å². The number of esters is 1. The van der Waals surface area contributed by atoms with Gasteiger partial charge >= 0.3 is 5.97 Å². The van der Waals surface area contributed by atoms with Gasteiger partial charge in [-0.15, -0.1) is 0 Å². The summed E-state index contributed by atoms with van der Waals surface area (Å²) in [7, 11) is 1.41. The molecule has 1 rings (SSSR count). The van der Waals surface area contributed by atoms with Crippen molar-refractivity contribution in [2.24, 2.45) is 5.92 Å². The van der Waals surface area contributed by atoms with Crippen molar-refractivity contribution in [3.8, 4) is 0 Å². The van der Waals surface area contributed by atoms with Crippen molar-refractivity contribution in [2.75, 3.05) is 19.0 Å². The zero-order valence-corrected chi connectivity index (χ0v) is 11.7. The molecule has 100 valence electrons. The maximum atomic E-state index is 11.7.